The summed E-state index contributed by atoms with van der Waals surface area (Å²) >= 11 is 0. The minimum absolute atomic E-state index is 0.191. The lowest BCUT2D eigenvalue weighted by Crippen LogP contribution is -2.34. The molecule has 1 aliphatic heterocycles. The smallest absolute Gasteiger partial charge is 0.356 e. The maximum atomic E-state index is 12.5. The molecule has 1 saturated heterocycles. The van der Waals surface area contributed by atoms with E-state index in [0.29, 0.717) is 37.3 Å². The Labute approximate surface area is 103 Å². The highest BCUT2D eigenvalue weighted by molar-refractivity contribution is 5.80. The third-order valence-corrected chi connectivity index (χ3v) is 3.00. The Morgan fingerprint density at radius 2 is 1.89 bits per heavy atom. The van der Waals surface area contributed by atoms with Gasteiger partial charge in [0, 0.05) is 32.1 Å². The predicted molar refractivity (Wildman–Crippen MR) is 60.4 cm³/mol. The molecule has 3 nitrogen and oxygen atoms in total. The van der Waals surface area contributed by atoms with Crippen LogP contribution in [0.25, 0.3) is 0 Å². The molecule has 1 aromatic heterocycles. The highest BCUT2D eigenvalue weighted by atomic mass is 19.4. The lowest BCUT2D eigenvalue weighted by atomic mass is 10.1. The van der Waals surface area contributed by atoms with Gasteiger partial charge >= 0.3 is 6.18 Å². The van der Waals surface area contributed by atoms with Crippen LogP contribution in [0.15, 0.2) is 12.3 Å². The van der Waals surface area contributed by atoms with Crippen molar-refractivity contribution in [2.45, 2.75) is 25.9 Å². The van der Waals surface area contributed by atoms with E-state index in [9.17, 15) is 18.0 Å². The van der Waals surface area contributed by atoms with E-state index in [1.807, 2.05) is 4.90 Å². The van der Waals surface area contributed by atoms with Crippen LogP contribution in [0.3, 0.4) is 0 Å². The van der Waals surface area contributed by atoms with E-state index < -0.39 is 11.7 Å². The Bertz CT molecular complexity index is 461. The summed E-state index contributed by atoms with van der Waals surface area (Å²) < 4.78 is 37.5. The molecule has 6 heteroatoms. The maximum absolute atomic E-state index is 12.5. The van der Waals surface area contributed by atoms with Crippen LogP contribution in [0.1, 0.15) is 24.0 Å². The maximum Gasteiger partial charge on any atom is 0.417 e. The number of aryl methyl sites for hydroxylation is 1. The summed E-state index contributed by atoms with van der Waals surface area (Å²) in [5.74, 6) is 0.728. The van der Waals surface area contributed by atoms with Crippen molar-refractivity contribution in [2.75, 3.05) is 18.0 Å². The van der Waals surface area contributed by atoms with Gasteiger partial charge in [0.05, 0.1) is 5.56 Å². The molecule has 1 aliphatic rings. The number of carbonyl (C=O) groups is 1. The van der Waals surface area contributed by atoms with Crippen molar-refractivity contribution < 1.29 is 18.0 Å². The lowest BCUT2D eigenvalue weighted by molar-refractivity contribution is -0.137. The van der Waals surface area contributed by atoms with Gasteiger partial charge in [-0.2, -0.15) is 13.2 Å². The molecule has 1 aromatic rings. The first kappa shape index (κ1) is 12.9. The molecule has 18 heavy (non-hydrogen) atoms. The second-order valence-electron chi connectivity index (χ2n) is 4.39. The van der Waals surface area contributed by atoms with Crippen LogP contribution in [0.5, 0.6) is 0 Å². The standard InChI is InChI=1S/C12H13F3N2O/c1-8-6-9(12(13,14)15)7-16-11(8)17-4-2-10(18)3-5-17/h6-7H,2-5H2,1H3. The lowest BCUT2D eigenvalue weighted by Gasteiger charge is -2.28. The molecule has 98 valence electrons. The summed E-state index contributed by atoms with van der Waals surface area (Å²) in [5, 5.41) is 0. The Hall–Kier alpha value is -1.59. The van der Waals surface area contributed by atoms with Gasteiger partial charge in [-0.1, -0.05) is 0 Å². The van der Waals surface area contributed by atoms with Crippen LogP contribution < -0.4 is 4.90 Å². The van der Waals surface area contributed by atoms with E-state index in [1.165, 1.54) is 0 Å². The van der Waals surface area contributed by atoms with Crippen LogP contribution >= 0.6 is 0 Å². The van der Waals surface area contributed by atoms with Gasteiger partial charge in [0.1, 0.15) is 11.6 Å². The second kappa shape index (κ2) is 4.59. The van der Waals surface area contributed by atoms with Gasteiger partial charge in [0.25, 0.3) is 0 Å². The number of ketones is 1. The Kier molecular flexibility index (Phi) is 3.28. The van der Waals surface area contributed by atoms with Gasteiger partial charge in [-0.3, -0.25) is 4.79 Å². The quantitative estimate of drug-likeness (QED) is 0.776. The minimum atomic E-state index is -4.37. The minimum Gasteiger partial charge on any atom is -0.356 e. The number of anilines is 1. The second-order valence-corrected chi connectivity index (χ2v) is 4.39. The van der Waals surface area contributed by atoms with Crippen LogP contribution in [0, 0.1) is 6.92 Å². The van der Waals surface area contributed by atoms with Gasteiger partial charge in [0.15, 0.2) is 0 Å². The third kappa shape index (κ3) is 2.63. The fourth-order valence-electron chi connectivity index (χ4n) is 2.02. The number of hydrogen-bond acceptors (Lipinski definition) is 3. The first-order valence-corrected chi connectivity index (χ1v) is 5.68. The van der Waals surface area contributed by atoms with E-state index in [4.69, 9.17) is 0 Å². The van der Waals surface area contributed by atoms with Crippen LogP contribution in [0.2, 0.25) is 0 Å². The zero-order chi connectivity index (χ0) is 13.3. The van der Waals surface area contributed by atoms with Gasteiger partial charge in [-0.05, 0) is 18.6 Å². The highest BCUT2D eigenvalue weighted by Gasteiger charge is 2.31. The molecular formula is C12H13F3N2O. The molecule has 0 N–H and O–H groups in total. The number of alkyl halides is 3. The summed E-state index contributed by atoms with van der Waals surface area (Å²) in [7, 11) is 0. The van der Waals surface area contributed by atoms with Crippen molar-refractivity contribution in [1.82, 2.24) is 4.98 Å². The van der Waals surface area contributed by atoms with Crippen molar-refractivity contribution >= 4 is 11.6 Å². The number of Topliss-reactive ketones (excluding diaryl/α,β-unsaturated/α-hetero) is 1. The van der Waals surface area contributed by atoms with E-state index in [-0.39, 0.29) is 5.78 Å². The molecule has 0 aromatic carbocycles. The van der Waals surface area contributed by atoms with Gasteiger partial charge in [0.2, 0.25) is 0 Å². The molecule has 0 amide bonds. The number of halogens is 3. The zero-order valence-electron chi connectivity index (χ0n) is 9.92. The van der Waals surface area contributed by atoms with E-state index >= 15 is 0 Å². The Morgan fingerprint density at radius 1 is 1.28 bits per heavy atom. The average molecular weight is 258 g/mol. The largest absolute Gasteiger partial charge is 0.417 e. The summed E-state index contributed by atoms with van der Waals surface area (Å²) in [4.78, 5) is 16.9. The molecular weight excluding hydrogens is 245 g/mol. The number of rotatable bonds is 1. The third-order valence-electron chi connectivity index (χ3n) is 3.00. The van der Waals surface area contributed by atoms with Crippen molar-refractivity contribution in [3.63, 3.8) is 0 Å². The zero-order valence-corrected chi connectivity index (χ0v) is 9.92. The molecule has 0 spiro atoms. The summed E-state index contributed by atoms with van der Waals surface area (Å²) in [5.41, 5.74) is -0.254. The first-order chi connectivity index (χ1) is 8.38. The van der Waals surface area contributed by atoms with Gasteiger partial charge < -0.3 is 4.90 Å². The highest BCUT2D eigenvalue weighted by Crippen LogP contribution is 2.31. The van der Waals surface area contributed by atoms with Crippen LogP contribution in [-0.2, 0) is 11.0 Å². The van der Waals surface area contributed by atoms with E-state index in [0.717, 1.165) is 12.3 Å². The molecule has 0 aliphatic carbocycles. The summed E-state index contributed by atoms with van der Waals surface area (Å²) in [6, 6.07) is 1.10. The number of nitrogens with zero attached hydrogens (tertiary/aromatic N) is 2. The van der Waals surface area contributed by atoms with Crippen molar-refractivity contribution in [3.05, 3.63) is 23.4 Å². The SMILES string of the molecule is Cc1cc(C(F)(F)F)cnc1N1CCC(=O)CC1. The summed E-state index contributed by atoms with van der Waals surface area (Å²) in [6.45, 7) is 2.66. The number of hydrogen-bond donors (Lipinski definition) is 0. The fourth-order valence-corrected chi connectivity index (χ4v) is 2.02. The predicted octanol–water partition coefficient (Wildman–Crippen LogP) is 2.58. The number of carbonyl (C=O) groups excluding carboxylic acids is 1. The topological polar surface area (TPSA) is 33.2 Å². The van der Waals surface area contributed by atoms with Crippen LogP contribution in [0.4, 0.5) is 19.0 Å². The van der Waals surface area contributed by atoms with Gasteiger partial charge in [-0.15, -0.1) is 0 Å². The van der Waals surface area contributed by atoms with Crippen molar-refractivity contribution in [1.29, 1.82) is 0 Å². The molecule has 1 fully saturated rings. The number of aromatic nitrogens is 1. The normalized spacial score (nSPS) is 17.1. The van der Waals surface area contributed by atoms with Crippen molar-refractivity contribution in [3.8, 4) is 0 Å². The number of pyridine rings is 1. The van der Waals surface area contributed by atoms with Gasteiger partial charge in [-0.25, -0.2) is 4.98 Å². The van der Waals surface area contributed by atoms with Crippen LogP contribution in [-0.4, -0.2) is 23.9 Å². The van der Waals surface area contributed by atoms with Crippen molar-refractivity contribution in [2.24, 2.45) is 0 Å². The Balaban J connectivity index is 2.22. The Morgan fingerprint density at radius 3 is 2.39 bits per heavy atom. The number of piperidine rings is 1. The fraction of sp³-hybridized carbons (Fsp3) is 0.500. The first-order valence-electron chi connectivity index (χ1n) is 5.68. The monoisotopic (exact) mass is 258 g/mol. The van der Waals surface area contributed by atoms with E-state index in [1.54, 1.807) is 6.92 Å². The molecule has 0 bridgehead atoms. The average Bonchev–Trinajstić information content (AvgIpc) is 2.29. The summed E-state index contributed by atoms with van der Waals surface area (Å²) in [6.07, 6.45) is -2.66. The molecule has 0 unspecified atom stereocenters. The molecule has 0 radical (unpaired) electrons. The molecule has 2 heterocycles. The van der Waals surface area contributed by atoms with E-state index in [2.05, 4.69) is 4.98 Å². The molecule has 0 saturated carbocycles. The molecule has 0 atom stereocenters. The molecule has 2 rings (SSSR count).